The number of aryl methyl sites for hydroxylation is 1. The lowest BCUT2D eigenvalue weighted by Crippen LogP contribution is -2.34. The van der Waals surface area contributed by atoms with E-state index in [0.717, 1.165) is 10.4 Å². The Hall–Kier alpha value is -0.870. The molecule has 72 valence electrons. The van der Waals surface area contributed by atoms with Gasteiger partial charge in [0.25, 0.3) is 5.91 Å². The number of amides is 1. The predicted molar refractivity (Wildman–Crippen MR) is 53.1 cm³/mol. The molecule has 0 saturated carbocycles. The van der Waals surface area contributed by atoms with E-state index >= 15 is 0 Å². The Labute approximate surface area is 81.4 Å². The van der Waals surface area contributed by atoms with Crippen molar-refractivity contribution in [1.29, 1.82) is 0 Å². The molecule has 0 aliphatic heterocycles. The number of hydrogen-bond donors (Lipinski definition) is 2. The van der Waals surface area contributed by atoms with Crippen LogP contribution in [-0.2, 0) is 0 Å². The van der Waals surface area contributed by atoms with Crippen molar-refractivity contribution in [2.24, 2.45) is 0 Å². The number of nitrogens with one attached hydrogen (secondary N) is 1. The van der Waals surface area contributed by atoms with Crippen molar-refractivity contribution in [1.82, 2.24) is 5.32 Å². The molecular formula is C9H13NO2S. The molecule has 4 heteroatoms. The lowest BCUT2D eigenvalue weighted by Gasteiger charge is -2.09. The first-order valence-electron chi connectivity index (χ1n) is 4.11. The van der Waals surface area contributed by atoms with E-state index < -0.39 is 0 Å². The number of rotatable bonds is 3. The molecular weight excluding hydrogens is 186 g/mol. The second-order valence-corrected chi connectivity index (χ2v) is 3.91. The van der Waals surface area contributed by atoms with Crippen LogP contribution in [-0.4, -0.2) is 23.7 Å². The topological polar surface area (TPSA) is 49.3 Å². The molecule has 0 radical (unpaired) electrons. The molecule has 0 aromatic carbocycles. The Morgan fingerprint density at radius 1 is 1.77 bits per heavy atom. The van der Waals surface area contributed by atoms with Gasteiger partial charge in [-0.3, -0.25) is 4.79 Å². The van der Waals surface area contributed by atoms with Gasteiger partial charge >= 0.3 is 0 Å². The lowest BCUT2D eigenvalue weighted by molar-refractivity contribution is 0.0926. The van der Waals surface area contributed by atoms with Gasteiger partial charge in [-0.2, -0.15) is 0 Å². The summed E-state index contributed by atoms with van der Waals surface area (Å²) in [4.78, 5) is 12.2. The van der Waals surface area contributed by atoms with E-state index in [2.05, 4.69) is 5.32 Å². The van der Waals surface area contributed by atoms with E-state index in [-0.39, 0.29) is 18.6 Å². The van der Waals surface area contributed by atoms with Gasteiger partial charge < -0.3 is 10.4 Å². The summed E-state index contributed by atoms with van der Waals surface area (Å²) in [5.74, 6) is -0.103. The summed E-state index contributed by atoms with van der Waals surface area (Å²) in [5, 5.41) is 13.3. The number of carbonyl (C=O) groups excluding carboxylic acids is 1. The third kappa shape index (κ3) is 2.54. The van der Waals surface area contributed by atoms with Crippen LogP contribution in [0.1, 0.15) is 22.2 Å². The molecule has 13 heavy (non-hydrogen) atoms. The number of thiophene rings is 1. The van der Waals surface area contributed by atoms with Gasteiger partial charge in [0.15, 0.2) is 0 Å². The minimum absolute atomic E-state index is 0.0316. The Balaban J connectivity index is 2.64. The molecule has 0 aliphatic rings. The van der Waals surface area contributed by atoms with Crippen molar-refractivity contribution in [3.05, 3.63) is 21.9 Å². The summed E-state index contributed by atoms with van der Waals surface area (Å²) >= 11 is 1.42. The van der Waals surface area contributed by atoms with Crippen LogP contribution in [0.25, 0.3) is 0 Å². The molecule has 2 N–H and O–H groups in total. The quantitative estimate of drug-likeness (QED) is 0.767. The Kier molecular flexibility index (Phi) is 3.45. The standard InChI is InChI=1S/C9H13NO2S/c1-6-3-4-13-8(6)9(12)10-7(2)5-11/h3-4,7,11H,5H2,1-2H3,(H,10,12)/t7-/m0/s1. The zero-order valence-corrected chi connectivity index (χ0v) is 8.52. The van der Waals surface area contributed by atoms with Gasteiger partial charge in [0, 0.05) is 6.04 Å². The van der Waals surface area contributed by atoms with E-state index in [9.17, 15) is 4.79 Å². The highest BCUT2D eigenvalue weighted by Crippen LogP contribution is 2.14. The predicted octanol–water partition coefficient (Wildman–Crippen LogP) is 1.17. The minimum atomic E-state index is -0.186. The van der Waals surface area contributed by atoms with Crippen LogP contribution in [0.5, 0.6) is 0 Å². The Bertz CT molecular complexity index is 296. The second kappa shape index (κ2) is 4.39. The van der Waals surface area contributed by atoms with Gasteiger partial charge in [0.2, 0.25) is 0 Å². The van der Waals surface area contributed by atoms with E-state index in [0.29, 0.717) is 0 Å². The van der Waals surface area contributed by atoms with Crippen LogP contribution in [0.3, 0.4) is 0 Å². The van der Waals surface area contributed by atoms with Crippen LogP contribution in [0.4, 0.5) is 0 Å². The maximum Gasteiger partial charge on any atom is 0.261 e. The molecule has 3 nitrogen and oxygen atoms in total. The van der Waals surface area contributed by atoms with Gasteiger partial charge in [-0.1, -0.05) is 0 Å². The highest BCUT2D eigenvalue weighted by Gasteiger charge is 2.11. The molecule has 0 bridgehead atoms. The summed E-state index contributed by atoms with van der Waals surface area (Å²) < 4.78 is 0. The summed E-state index contributed by atoms with van der Waals surface area (Å²) in [5.41, 5.74) is 0.979. The molecule has 1 amide bonds. The fraction of sp³-hybridized carbons (Fsp3) is 0.444. The normalized spacial score (nSPS) is 12.5. The largest absolute Gasteiger partial charge is 0.394 e. The zero-order valence-electron chi connectivity index (χ0n) is 7.70. The van der Waals surface area contributed by atoms with Crippen molar-refractivity contribution in [3.63, 3.8) is 0 Å². The van der Waals surface area contributed by atoms with E-state index in [4.69, 9.17) is 5.11 Å². The van der Waals surface area contributed by atoms with Crippen molar-refractivity contribution in [2.45, 2.75) is 19.9 Å². The molecule has 1 heterocycles. The monoisotopic (exact) mass is 199 g/mol. The maximum atomic E-state index is 11.5. The van der Waals surface area contributed by atoms with Crippen LogP contribution >= 0.6 is 11.3 Å². The van der Waals surface area contributed by atoms with Gasteiger partial charge in [0.1, 0.15) is 0 Å². The molecule has 0 spiro atoms. The number of aliphatic hydroxyl groups excluding tert-OH is 1. The third-order valence-electron chi connectivity index (χ3n) is 1.72. The Morgan fingerprint density at radius 2 is 2.46 bits per heavy atom. The molecule has 1 rings (SSSR count). The van der Waals surface area contributed by atoms with Crippen LogP contribution in [0.2, 0.25) is 0 Å². The fourth-order valence-corrected chi connectivity index (χ4v) is 1.77. The van der Waals surface area contributed by atoms with Crippen molar-refractivity contribution >= 4 is 17.2 Å². The average Bonchev–Trinajstić information content (AvgIpc) is 2.51. The smallest absolute Gasteiger partial charge is 0.261 e. The maximum absolute atomic E-state index is 11.5. The Morgan fingerprint density at radius 3 is 2.92 bits per heavy atom. The third-order valence-corrected chi connectivity index (χ3v) is 2.73. The first-order chi connectivity index (χ1) is 6.15. The fourth-order valence-electron chi connectivity index (χ4n) is 0.940. The van der Waals surface area contributed by atoms with Gasteiger partial charge in [-0.25, -0.2) is 0 Å². The van der Waals surface area contributed by atoms with Crippen LogP contribution < -0.4 is 5.32 Å². The lowest BCUT2D eigenvalue weighted by atomic mass is 10.2. The van der Waals surface area contributed by atoms with Gasteiger partial charge in [-0.15, -0.1) is 11.3 Å². The number of aliphatic hydroxyl groups is 1. The summed E-state index contributed by atoms with van der Waals surface area (Å²) in [6.07, 6.45) is 0. The summed E-state index contributed by atoms with van der Waals surface area (Å²) in [6.45, 7) is 3.63. The van der Waals surface area contributed by atoms with Crippen molar-refractivity contribution in [3.8, 4) is 0 Å². The highest BCUT2D eigenvalue weighted by atomic mass is 32.1. The van der Waals surface area contributed by atoms with Crippen molar-refractivity contribution in [2.75, 3.05) is 6.61 Å². The minimum Gasteiger partial charge on any atom is -0.394 e. The average molecular weight is 199 g/mol. The van der Waals surface area contributed by atoms with E-state index in [1.54, 1.807) is 6.92 Å². The summed E-state index contributed by atoms with van der Waals surface area (Å²) in [6, 6.07) is 1.72. The van der Waals surface area contributed by atoms with E-state index in [1.807, 2.05) is 18.4 Å². The molecule has 0 aliphatic carbocycles. The second-order valence-electron chi connectivity index (χ2n) is 2.99. The molecule has 0 saturated heterocycles. The molecule has 1 aromatic rings. The van der Waals surface area contributed by atoms with Crippen LogP contribution in [0, 0.1) is 6.92 Å². The van der Waals surface area contributed by atoms with Crippen molar-refractivity contribution < 1.29 is 9.90 Å². The highest BCUT2D eigenvalue weighted by molar-refractivity contribution is 7.12. The molecule has 1 aromatic heterocycles. The SMILES string of the molecule is Cc1ccsc1C(=O)N[C@@H](C)CO. The molecule has 0 unspecified atom stereocenters. The molecule has 1 atom stereocenters. The van der Waals surface area contributed by atoms with Crippen LogP contribution in [0.15, 0.2) is 11.4 Å². The van der Waals surface area contributed by atoms with E-state index in [1.165, 1.54) is 11.3 Å². The molecule has 0 fully saturated rings. The van der Waals surface area contributed by atoms with Gasteiger partial charge in [-0.05, 0) is 30.9 Å². The van der Waals surface area contributed by atoms with Gasteiger partial charge in [0.05, 0.1) is 11.5 Å². The first-order valence-corrected chi connectivity index (χ1v) is 4.99. The number of hydrogen-bond acceptors (Lipinski definition) is 3. The first kappa shape index (κ1) is 10.2. The summed E-state index contributed by atoms with van der Waals surface area (Å²) in [7, 11) is 0. The zero-order chi connectivity index (χ0) is 9.84. The number of carbonyl (C=O) groups is 1.